The maximum absolute atomic E-state index is 12.1. The lowest BCUT2D eigenvalue weighted by Gasteiger charge is -2.17. The average Bonchev–Trinajstić information content (AvgIpc) is 2.67. The number of nitrogens with two attached hydrogens (primary N) is 1. The fraction of sp³-hybridized carbons (Fsp3) is 0.550. The quantitative estimate of drug-likeness (QED) is 0.255. The predicted octanol–water partition coefficient (Wildman–Crippen LogP) is -0.365. The number of benzene rings is 1. The van der Waals surface area contributed by atoms with Gasteiger partial charge in [-0.1, -0.05) is 30.3 Å². The lowest BCUT2D eigenvalue weighted by atomic mass is 10.1. The van der Waals surface area contributed by atoms with Crippen LogP contribution in [-0.2, 0) is 20.8 Å². The number of unbranched alkanes of at least 4 members (excludes halogenated alkanes) is 1. The first-order chi connectivity index (χ1) is 13.4. The number of nitrogens with zero attached hydrogens (tertiary/aromatic N) is 1. The van der Waals surface area contributed by atoms with E-state index in [1.165, 1.54) is 0 Å². The van der Waals surface area contributed by atoms with E-state index in [-0.39, 0.29) is 11.8 Å². The molecular weight excluding hydrogens is 358 g/mol. The Morgan fingerprint density at radius 1 is 1.07 bits per heavy atom. The van der Waals surface area contributed by atoms with Gasteiger partial charge in [-0.05, 0) is 45.3 Å². The maximum atomic E-state index is 12.1. The summed E-state index contributed by atoms with van der Waals surface area (Å²) in [4.78, 5) is 36.9. The third-order valence-corrected chi connectivity index (χ3v) is 4.30. The fourth-order valence-electron chi connectivity index (χ4n) is 2.68. The fourth-order valence-corrected chi connectivity index (χ4v) is 2.68. The van der Waals surface area contributed by atoms with Gasteiger partial charge in [0.1, 0.15) is 6.04 Å². The number of hydrogen-bond donors (Lipinski definition) is 4. The molecule has 1 rings (SSSR count). The average molecular weight is 392 g/mol. The summed E-state index contributed by atoms with van der Waals surface area (Å²) in [6.45, 7) is 1.74. The first-order valence-corrected chi connectivity index (χ1v) is 9.63. The SMILES string of the molecule is CN(C)CCNC(=O)C(CCCCNC(=O)C(N)Cc1ccccc1)NC=O. The second-order valence-corrected chi connectivity index (χ2v) is 7.01. The summed E-state index contributed by atoms with van der Waals surface area (Å²) in [5.74, 6) is -0.379. The van der Waals surface area contributed by atoms with Gasteiger partial charge in [0, 0.05) is 19.6 Å². The highest BCUT2D eigenvalue weighted by molar-refractivity contribution is 5.83. The molecule has 0 saturated carbocycles. The highest BCUT2D eigenvalue weighted by atomic mass is 16.2. The largest absolute Gasteiger partial charge is 0.355 e. The standard InChI is InChI=1S/C20H33N5O3/c1-25(2)13-12-23-20(28)18(24-15-26)10-6-7-11-22-19(27)17(21)14-16-8-4-3-5-9-16/h3-5,8-9,15,17-18H,6-7,10-14,21H2,1-2H3,(H,22,27)(H,23,28)(H,24,26). The summed E-state index contributed by atoms with van der Waals surface area (Å²) in [6.07, 6.45) is 2.94. The number of hydrogen-bond acceptors (Lipinski definition) is 5. The number of rotatable bonds is 14. The minimum atomic E-state index is -0.589. The van der Waals surface area contributed by atoms with Crippen molar-refractivity contribution in [1.82, 2.24) is 20.9 Å². The number of carbonyl (C=O) groups is 3. The van der Waals surface area contributed by atoms with E-state index in [9.17, 15) is 14.4 Å². The molecule has 0 heterocycles. The van der Waals surface area contributed by atoms with E-state index in [1.54, 1.807) is 0 Å². The van der Waals surface area contributed by atoms with Gasteiger partial charge in [0.15, 0.2) is 0 Å². The zero-order valence-corrected chi connectivity index (χ0v) is 16.8. The molecular formula is C20H33N5O3. The Morgan fingerprint density at radius 2 is 1.75 bits per heavy atom. The molecule has 2 unspecified atom stereocenters. The molecule has 2 atom stereocenters. The predicted molar refractivity (Wildman–Crippen MR) is 110 cm³/mol. The molecule has 0 radical (unpaired) electrons. The molecule has 5 N–H and O–H groups in total. The summed E-state index contributed by atoms with van der Waals surface area (Å²) in [7, 11) is 3.85. The van der Waals surface area contributed by atoms with E-state index in [1.807, 2.05) is 49.3 Å². The van der Waals surface area contributed by atoms with Crippen molar-refractivity contribution in [2.24, 2.45) is 5.73 Å². The van der Waals surface area contributed by atoms with Crippen LogP contribution >= 0.6 is 0 Å². The van der Waals surface area contributed by atoms with Crippen LogP contribution in [0.3, 0.4) is 0 Å². The first kappa shape index (κ1) is 23.6. The van der Waals surface area contributed by atoms with Crippen LogP contribution in [-0.4, -0.2) is 68.9 Å². The van der Waals surface area contributed by atoms with E-state index >= 15 is 0 Å². The molecule has 0 aliphatic heterocycles. The summed E-state index contributed by atoms with van der Waals surface area (Å²) >= 11 is 0. The molecule has 3 amide bonds. The minimum absolute atomic E-state index is 0.187. The summed E-state index contributed by atoms with van der Waals surface area (Å²) in [5, 5.41) is 8.18. The molecule has 0 fully saturated rings. The van der Waals surface area contributed by atoms with Crippen molar-refractivity contribution >= 4 is 18.2 Å². The Morgan fingerprint density at radius 3 is 2.39 bits per heavy atom. The second kappa shape index (κ2) is 13.7. The molecule has 0 aromatic heterocycles. The molecule has 28 heavy (non-hydrogen) atoms. The van der Waals surface area contributed by atoms with Gasteiger partial charge in [0.2, 0.25) is 18.2 Å². The van der Waals surface area contributed by atoms with E-state index in [0.29, 0.717) is 45.2 Å². The van der Waals surface area contributed by atoms with Gasteiger partial charge in [0.25, 0.3) is 0 Å². The molecule has 1 aromatic rings. The van der Waals surface area contributed by atoms with Gasteiger partial charge in [-0.25, -0.2) is 0 Å². The zero-order valence-electron chi connectivity index (χ0n) is 16.8. The van der Waals surface area contributed by atoms with E-state index < -0.39 is 12.1 Å². The Hall–Kier alpha value is -2.45. The maximum Gasteiger partial charge on any atom is 0.242 e. The molecule has 8 nitrogen and oxygen atoms in total. The van der Waals surface area contributed by atoms with Crippen LogP contribution in [0, 0.1) is 0 Å². The monoisotopic (exact) mass is 391 g/mol. The van der Waals surface area contributed by atoms with Gasteiger partial charge in [0.05, 0.1) is 6.04 Å². The van der Waals surface area contributed by atoms with Crippen molar-refractivity contribution in [3.63, 3.8) is 0 Å². The Bertz CT molecular complexity index is 595. The van der Waals surface area contributed by atoms with Crippen molar-refractivity contribution in [2.75, 3.05) is 33.7 Å². The van der Waals surface area contributed by atoms with Crippen LogP contribution in [0.1, 0.15) is 24.8 Å². The molecule has 1 aromatic carbocycles. The molecule has 0 aliphatic rings. The number of amides is 3. The lowest BCUT2D eigenvalue weighted by molar-refractivity contribution is -0.125. The minimum Gasteiger partial charge on any atom is -0.355 e. The molecule has 0 aliphatic carbocycles. The van der Waals surface area contributed by atoms with Crippen molar-refractivity contribution in [2.45, 2.75) is 37.8 Å². The summed E-state index contributed by atoms with van der Waals surface area (Å²) in [5.41, 5.74) is 6.96. The Balaban J connectivity index is 2.24. The first-order valence-electron chi connectivity index (χ1n) is 9.63. The van der Waals surface area contributed by atoms with Crippen LogP contribution < -0.4 is 21.7 Å². The molecule has 8 heteroatoms. The van der Waals surface area contributed by atoms with Crippen LogP contribution in [0.5, 0.6) is 0 Å². The molecule has 0 bridgehead atoms. The zero-order chi connectivity index (χ0) is 20.8. The number of carbonyl (C=O) groups excluding carboxylic acids is 3. The Labute approximate surface area is 167 Å². The Kier molecular flexibility index (Phi) is 11.5. The van der Waals surface area contributed by atoms with Gasteiger partial charge in [-0.15, -0.1) is 0 Å². The lowest BCUT2D eigenvalue weighted by Crippen LogP contribution is -2.45. The van der Waals surface area contributed by atoms with Crippen LogP contribution in [0.2, 0.25) is 0 Å². The third kappa shape index (κ3) is 10.0. The van der Waals surface area contributed by atoms with Gasteiger partial charge >= 0.3 is 0 Å². The van der Waals surface area contributed by atoms with Crippen LogP contribution in [0.25, 0.3) is 0 Å². The molecule has 0 saturated heterocycles. The van der Waals surface area contributed by atoms with Crippen LogP contribution in [0.15, 0.2) is 30.3 Å². The van der Waals surface area contributed by atoms with E-state index in [4.69, 9.17) is 5.73 Å². The summed E-state index contributed by atoms with van der Waals surface area (Å²) < 4.78 is 0. The van der Waals surface area contributed by atoms with Crippen molar-refractivity contribution < 1.29 is 14.4 Å². The number of likely N-dealkylation sites (N-methyl/N-ethyl adjacent to an activating group) is 1. The molecule has 0 spiro atoms. The van der Waals surface area contributed by atoms with Gasteiger partial charge in [-0.3, -0.25) is 14.4 Å². The van der Waals surface area contributed by atoms with E-state index in [2.05, 4.69) is 16.0 Å². The third-order valence-electron chi connectivity index (χ3n) is 4.30. The topological polar surface area (TPSA) is 117 Å². The van der Waals surface area contributed by atoms with Crippen molar-refractivity contribution in [3.05, 3.63) is 35.9 Å². The van der Waals surface area contributed by atoms with Gasteiger partial charge < -0.3 is 26.6 Å². The highest BCUT2D eigenvalue weighted by Crippen LogP contribution is 2.03. The van der Waals surface area contributed by atoms with Crippen molar-refractivity contribution in [1.29, 1.82) is 0 Å². The smallest absolute Gasteiger partial charge is 0.242 e. The van der Waals surface area contributed by atoms with Crippen molar-refractivity contribution in [3.8, 4) is 0 Å². The highest BCUT2D eigenvalue weighted by Gasteiger charge is 2.17. The van der Waals surface area contributed by atoms with Gasteiger partial charge in [-0.2, -0.15) is 0 Å². The van der Waals surface area contributed by atoms with E-state index in [0.717, 1.165) is 12.1 Å². The number of nitrogens with one attached hydrogen (secondary N) is 3. The van der Waals surface area contributed by atoms with Crippen LogP contribution in [0.4, 0.5) is 0 Å². The molecule has 156 valence electrons. The summed E-state index contributed by atoms with van der Waals surface area (Å²) in [6, 6.07) is 8.49. The second-order valence-electron chi connectivity index (χ2n) is 7.01. The normalized spacial score (nSPS) is 12.9.